The molecule has 14 heteroatoms. The van der Waals surface area contributed by atoms with Crippen LogP contribution in [0.5, 0.6) is 0 Å². The Hall–Kier alpha value is 0.860. The molecule has 0 spiro atoms. The van der Waals surface area contributed by atoms with Crippen molar-refractivity contribution in [2.75, 3.05) is 13.2 Å². The Balaban J connectivity index is 0.000000646. The molecule has 2 atom stereocenters. The van der Waals surface area contributed by atoms with Gasteiger partial charge in [0, 0.05) is 33.4 Å². The summed E-state index contributed by atoms with van der Waals surface area (Å²) in [6, 6.07) is 7.00. The Morgan fingerprint density at radius 2 is 1.10 bits per heavy atom. The van der Waals surface area contributed by atoms with Gasteiger partial charge in [0.15, 0.2) is 5.78 Å². The lowest BCUT2D eigenvalue weighted by Crippen LogP contribution is -2.31. The average Bonchev–Trinajstić information content (AvgIpc) is 2.91. The second-order valence-corrected chi connectivity index (χ2v) is 15.0. The van der Waals surface area contributed by atoms with Crippen molar-refractivity contribution in [1.82, 2.24) is 0 Å². The Morgan fingerprint density at radius 3 is 1.51 bits per heavy atom. The Kier molecular flexibility index (Phi) is 22.8. The minimum Gasteiger partial charge on any atom is -0.478 e. The molecule has 228 valence electrons. The number of ketones is 1. The average molecular weight is 1240 g/mol. The lowest BCUT2D eigenvalue weighted by Gasteiger charge is -2.13. The van der Waals surface area contributed by atoms with Gasteiger partial charge in [0.05, 0.1) is 24.7 Å². The van der Waals surface area contributed by atoms with Gasteiger partial charge in [-0.1, -0.05) is 13.8 Å². The van der Waals surface area contributed by atoms with Crippen LogP contribution in [0, 0.1) is 27.3 Å². The van der Waals surface area contributed by atoms with Crippen molar-refractivity contribution in [1.29, 1.82) is 0 Å². The lowest BCUT2D eigenvalue weighted by atomic mass is 9.96. The van der Waals surface area contributed by atoms with Crippen molar-refractivity contribution in [3.63, 3.8) is 0 Å². The number of carbonyl (C=O) groups is 4. The standard InChI is InChI=1S/C14H15I3O3.C7H3I3O2.C6H13NO2/c1-3-8(14(19)20-4-2)5-13(18)9-6-11(16)12(17)7-10(9)15;8-4-2-6(10)5(9)1-3(4)7(11)12;1-3-5(7)6(8)9-4-2/h6-8H,3-5H2,1-2H3;1-2H,(H,11,12);5H,3-4,7H2,1-2H3. The number of esters is 2. The molecule has 0 radical (unpaired) electrons. The third-order valence-corrected chi connectivity index (χ3v) is 12.5. The molecule has 41 heavy (non-hydrogen) atoms. The summed E-state index contributed by atoms with van der Waals surface area (Å²) < 4.78 is 15.6. The summed E-state index contributed by atoms with van der Waals surface area (Å²) >= 11 is 13.0. The lowest BCUT2D eigenvalue weighted by molar-refractivity contribution is -0.148. The molecule has 0 fully saturated rings. The highest BCUT2D eigenvalue weighted by atomic mass is 127. The number of carbonyl (C=O) groups excluding carboxylic acids is 3. The van der Waals surface area contributed by atoms with E-state index < -0.39 is 12.0 Å². The zero-order valence-electron chi connectivity index (χ0n) is 22.7. The number of hydrogen-bond donors (Lipinski definition) is 2. The maximum atomic E-state index is 12.4. The molecule has 2 unspecified atom stereocenters. The number of carboxylic acids is 1. The number of aromatic carboxylic acids is 1. The summed E-state index contributed by atoms with van der Waals surface area (Å²) in [6.45, 7) is 8.05. The first kappa shape index (κ1) is 41.9. The van der Waals surface area contributed by atoms with Gasteiger partial charge in [-0.3, -0.25) is 14.4 Å². The minimum absolute atomic E-state index is 0.00335. The quantitative estimate of drug-likeness (QED) is 0.106. The van der Waals surface area contributed by atoms with Gasteiger partial charge >= 0.3 is 17.9 Å². The van der Waals surface area contributed by atoms with Gasteiger partial charge in [0.2, 0.25) is 0 Å². The van der Waals surface area contributed by atoms with Crippen molar-refractivity contribution in [3.05, 3.63) is 56.8 Å². The van der Waals surface area contributed by atoms with Crippen LogP contribution in [0.3, 0.4) is 0 Å². The molecule has 0 aromatic heterocycles. The highest BCUT2D eigenvalue weighted by Gasteiger charge is 2.23. The van der Waals surface area contributed by atoms with Crippen LogP contribution >= 0.6 is 136 Å². The van der Waals surface area contributed by atoms with Gasteiger partial charge in [0.25, 0.3) is 0 Å². The van der Waals surface area contributed by atoms with E-state index in [9.17, 15) is 19.2 Å². The Labute approximate surface area is 323 Å². The highest BCUT2D eigenvalue weighted by Crippen LogP contribution is 2.25. The van der Waals surface area contributed by atoms with E-state index in [-0.39, 0.29) is 30.1 Å². The van der Waals surface area contributed by atoms with Crippen LogP contribution in [0.25, 0.3) is 0 Å². The first-order valence-corrected chi connectivity index (χ1v) is 18.8. The number of benzene rings is 2. The molecule has 3 N–H and O–H groups in total. The van der Waals surface area contributed by atoms with E-state index in [1.165, 1.54) is 0 Å². The summed E-state index contributed by atoms with van der Waals surface area (Å²) in [5.74, 6) is -1.80. The maximum Gasteiger partial charge on any atom is 0.336 e. The van der Waals surface area contributed by atoms with Gasteiger partial charge in [0.1, 0.15) is 6.04 Å². The van der Waals surface area contributed by atoms with Crippen LogP contribution in [0.2, 0.25) is 0 Å². The fourth-order valence-corrected chi connectivity index (χ4v) is 7.35. The molecule has 8 nitrogen and oxygen atoms in total. The minimum atomic E-state index is -0.867. The van der Waals surface area contributed by atoms with E-state index in [1.54, 1.807) is 19.9 Å². The van der Waals surface area contributed by atoms with E-state index in [0.717, 1.165) is 21.4 Å². The molecule has 0 saturated carbocycles. The summed E-state index contributed by atoms with van der Waals surface area (Å²) in [6.07, 6.45) is 1.46. The summed E-state index contributed by atoms with van der Waals surface area (Å²) in [5.41, 5.74) is 6.40. The van der Waals surface area contributed by atoms with Gasteiger partial charge in [-0.2, -0.15) is 0 Å². The number of hydrogen-bond acceptors (Lipinski definition) is 7. The van der Waals surface area contributed by atoms with Gasteiger partial charge in [-0.15, -0.1) is 0 Å². The highest BCUT2D eigenvalue weighted by molar-refractivity contribution is 14.1. The maximum absolute atomic E-state index is 12.4. The van der Waals surface area contributed by atoms with E-state index in [2.05, 4.69) is 118 Å². The first-order valence-electron chi connectivity index (χ1n) is 12.3. The molecule has 0 aliphatic carbocycles. The van der Waals surface area contributed by atoms with Gasteiger partial charge in [-0.05, 0) is 186 Å². The first-order chi connectivity index (χ1) is 19.1. The van der Waals surface area contributed by atoms with Crippen molar-refractivity contribution in [2.45, 2.75) is 53.0 Å². The number of carboxylic acid groups (broad SMARTS) is 1. The Morgan fingerprint density at radius 1 is 0.683 bits per heavy atom. The molecule has 0 bridgehead atoms. The van der Waals surface area contributed by atoms with Crippen molar-refractivity contribution >= 4 is 159 Å². The third-order valence-electron chi connectivity index (χ3n) is 5.12. The van der Waals surface area contributed by atoms with Gasteiger partial charge in [-0.25, -0.2) is 4.79 Å². The Bertz CT molecular complexity index is 1210. The number of halogens is 6. The monoisotopic (exact) mass is 1240 g/mol. The zero-order chi connectivity index (χ0) is 31.9. The van der Waals surface area contributed by atoms with Gasteiger partial charge < -0.3 is 20.3 Å². The van der Waals surface area contributed by atoms with Crippen LogP contribution in [-0.2, 0) is 19.1 Å². The van der Waals surface area contributed by atoms with Crippen molar-refractivity contribution in [3.8, 4) is 0 Å². The molecular weight excluding hydrogens is 1210 g/mol. The largest absolute Gasteiger partial charge is 0.478 e. The number of ether oxygens (including phenoxy) is 2. The summed E-state index contributed by atoms with van der Waals surface area (Å²) in [7, 11) is 0. The second kappa shape index (κ2) is 22.4. The van der Waals surface area contributed by atoms with Crippen LogP contribution in [0.4, 0.5) is 0 Å². The molecule has 2 rings (SSSR count). The second-order valence-electron chi connectivity index (χ2n) is 8.05. The van der Waals surface area contributed by atoms with Crippen LogP contribution in [0.1, 0.15) is 67.7 Å². The summed E-state index contributed by atoms with van der Waals surface area (Å²) in [4.78, 5) is 45.5. The smallest absolute Gasteiger partial charge is 0.336 e. The van der Waals surface area contributed by atoms with E-state index >= 15 is 0 Å². The predicted molar refractivity (Wildman–Crippen MR) is 210 cm³/mol. The number of nitrogens with two attached hydrogens (primary N) is 1. The molecule has 0 aliphatic rings. The third kappa shape index (κ3) is 15.6. The topological polar surface area (TPSA) is 133 Å². The molecule has 0 heterocycles. The predicted octanol–water partition coefficient (Wildman–Crippen LogP) is 8.15. The molecule has 2 aromatic carbocycles. The number of rotatable bonds is 10. The van der Waals surface area contributed by atoms with Crippen LogP contribution in [-0.4, -0.2) is 48.1 Å². The fraction of sp³-hybridized carbons (Fsp3) is 0.407. The van der Waals surface area contributed by atoms with Crippen LogP contribution < -0.4 is 5.73 Å². The zero-order valence-corrected chi connectivity index (χ0v) is 35.7. The summed E-state index contributed by atoms with van der Waals surface area (Å²) in [5, 5.41) is 8.77. The fourth-order valence-electron chi connectivity index (χ4n) is 2.83. The molecular formula is C27H31I6NO7. The molecule has 0 aliphatic heterocycles. The van der Waals surface area contributed by atoms with E-state index in [1.807, 2.05) is 54.6 Å². The molecule has 0 saturated heterocycles. The SMILES string of the molecule is CCOC(=O)C(CC)CC(=O)c1cc(I)c(I)cc1I.CCOC(=O)C(N)CC.O=C(O)c1cc(I)c(I)cc1I. The molecule has 2 aromatic rings. The number of Topliss-reactive ketones (excluding diaryl/α,β-unsaturated/α-hetero) is 1. The van der Waals surface area contributed by atoms with Crippen molar-refractivity contribution < 1.29 is 33.8 Å². The molecule has 0 amide bonds. The van der Waals surface area contributed by atoms with E-state index in [4.69, 9.17) is 15.6 Å². The van der Waals surface area contributed by atoms with Crippen LogP contribution in [0.15, 0.2) is 24.3 Å². The van der Waals surface area contributed by atoms with E-state index in [0.29, 0.717) is 37.2 Å². The normalized spacial score (nSPS) is 11.6. The van der Waals surface area contributed by atoms with Crippen molar-refractivity contribution in [2.24, 2.45) is 11.7 Å².